The van der Waals surface area contributed by atoms with Gasteiger partial charge in [-0.05, 0) is 24.1 Å². The molecule has 2 heterocycles. The van der Waals surface area contributed by atoms with Crippen LogP contribution in [0.4, 0.5) is 5.69 Å². The molecule has 108 valence electrons. The van der Waals surface area contributed by atoms with Gasteiger partial charge < -0.3 is 5.32 Å². The molecule has 1 N–H and O–H groups in total. The van der Waals surface area contributed by atoms with Crippen molar-refractivity contribution in [3.63, 3.8) is 0 Å². The number of rotatable bonds is 6. The van der Waals surface area contributed by atoms with Crippen LogP contribution in [-0.4, -0.2) is 9.78 Å². The minimum Gasteiger partial charge on any atom is -0.378 e. The van der Waals surface area contributed by atoms with Gasteiger partial charge >= 0.3 is 0 Å². The summed E-state index contributed by atoms with van der Waals surface area (Å²) in [5.74, 6) is 0. The lowest BCUT2D eigenvalue weighted by Crippen LogP contribution is -2.00. The quantitative estimate of drug-likeness (QED) is 0.740. The average molecular weight is 297 g/mol. The van der Waals surface area contributed by atoms with Crippen LogP contribution in [0, 0.1) is 0 Å². The van der Waals surface area contributed by atoms with E-state index in [9.17, 15) is 0 Å². The van der Waals surface area contributed by atoms with E-state index in [4.69, 9.17) is 0 Å². The van der Waals surface area contributed by atoms with E-state index in [-0.39, 0.29) is 0 Å². The van der Waals surface area contributed by atoms with Gasteiger partial charge in [0.2, 0.25) is 0 Å². The molecular formula is C17H19N3S. The SMILES string of the molecule is CCc1ccc(CNc2cnn(Cc3ccccc3)c2)s1. The predicted molar refractivity (Wildman–Crippen MR) is 88.8 cm³/mol. The second kappa shape index (κ2) is 6.59. The highest BCUT2D eigenvalue weighted by Crippen LogP contribution is 2.18. The molecule has 0 radical (unpaired) electrons. The van der Waals surface area contributed by atoms with Crippen LogP contribution in [0.1, 0.15) is 22.2 Å². The number of thiophene rings is 1. The van der Waals surface area contributed by atoms with Crippen molar-refractivity contribution >= 4 is 17.0 Å². The van der Waals surface area contributed by atoms with E-state index in [2.05, 4.69) is 59.9 Å². The summed E-state index contributed by atoms with van der Waals surface area (Å²) >= 11 is 1.87. The predicted octanol–water partition coefficient (Wildman–Crippen LogP) is 4.17. The van der Waals surface area contributed by atoms with Crippen LogP contribution in [0.25, 0.3) is 0 Å². The van der Waals surface area contributed by atoms with Gasteiger partial charge in [-0.2, -0.15) is 5.10 Å². The summed E-state index contributed by atoms with van der Waals surface area (Å²) in [4.78, 5) is 2.80. The second-order valence-electron chi connectivity index (χ2n) is 4.99. The molecule has 21 heavy (non-hydrogen) atoms. The van der Waals surface area contributed by atoms with Crippen LogP contribution < -0.4 is 5.32 Å². The highest BCUT2D eigenvalue weighted by molar-refractivity contribution is 7.12. The van der Waals surface area contributed by atoms with Crippen molar-refractivity contribution in [1.29, 1.82) is 0 Å². The first kappa shape index (κ1) is 13.9. The van der Waals surface area contributed by atoms with Crippen LogP contribution in [0.15, 0.2) is 54.9 Å². The number of nitrogens with one attached hydrogen (secondary N) is 1. The van der Waals surface area contributed by atoms with Crippen molar-refractivity contribution in [2.24, 2.45) is 0 Å². The smallest absolute Gasteiger partial charge is 0.0729 e. The van der Waals surface area contributed by atoms with E-state index in [0.717, 1.165) is 25.2 Å². The minimum atomic E-state index is 0.807. The Morgan fingerprint density at radius 3 is 2.67 bits per heavy atom. The molecule has 4 heteroatoms. The molecule has 0 bridgehead atoms. The standard InChI is InChI=1S/C17H19N3S/c1-2-16-8-9-17(21-16)11-18-15-10-19-20(13-15)12-14-6-4-3-5-7-14/h3-10,13,18H,2,11-12H2,1H3. The molecule has 1 aromatic carbocycles. The number of hydrogen-bond acceptors (Lipinski definition) is 3. The van der Waals surface area contributed by atoms with Gasteiger partial charge in [-0.15, -0.1) is 11.3 Å². The van der Waals surface area contributed by atoms with Gasteiger partial charge in [0, 0.05) is 22.5 Å². The van der Waals surface area contributed by atoms with Gasteiger partial charge in [0.25, 0.3) is 0 Å². The third-order valence-corrected chi connectivity index (χ3v) is 4.58. The molecule has 2 aromatic heterocycles. The van der Waals surface area contributed by atoms with Gasteiger partial charge in [-0.3, -0.25) is 4.68 Å². The fourth-order valence-corrected chi connectivity index (χ4v) is 3.11. The molecule has 3 aromatic rings. The number of nitrogens with zero attached hydrogens (tertiary/aromatic N) is 2. The lowest BCUT2D eigenvalue weighted by Gasteiger charge is -2.02. The van der Waals surface area contributed by atoms with Gasteiger partial charge in [0.05, 0.1) is 18.4 Å². The largest absolute Gasteiger partial charge is 0.378 e. The molecule has 0 saturated heterocycles. The van der Waals surface area contributed by atoms with Crippen molar-refractivity contribution in [2.45, 2.75) is 26.4 Å². The van der Waals surface area contributed by atoms with Crippen molar-refractivity contribution in [3.05, 3.63) is 70.2 Å². The fraction of sp³-hybridized carbons (Fsp3) is 0.235. The molecular weight excluding hydrogens is 278 g/mol. The third-order valence-electron chi connectivity index (χ3n) is 3.35. The maximum absolute atomic E-state index is 4.40. The summed E-state index contributed by atoms with van der Waals surface area (Å²) < 4.78 is 1.96. The van der Waals surface area contributed by atoms with E-state index < -0.39 is 0 Å². The number of hydrogen-bond donors (Lipinski definition) is 1. The fourth-order valence-electron chi connectivity index (χ4n) is 2.21. The molecule has 0 atom stereocenters. The Morgan fingerprint density at radius 2 is 1.90 bits per heavy atom. The molecule has 3 nitrogen and oxygen atoms in total. The second-order valence-corrected chi connectivity index (χ2v) is 6.24. The Balaban J connectivity index is 1.57. The topological polar surface area (TPSA) is 29.9 Å². The van der Waals surface area contributed by atoms with Crippen LogP contribution in [0.2, 0.25) is 0 Å². The third kappa shape index (κ3) is 3.73. The summed E-state index contributed by atoms with van der Waals surface area (Å²) in [6, 6.07) is 14.8. The first-order chi connectivity index (χ1) is 10.3. The zero-order valence-corrected chi connectivity index (χ0v) is 12.9. The van der Waals surface area contributed by atoms with Crippen LogP contribution in [0.5, 0.6) is 0 Å². The zero-order valence-electron chi connectivity index (χ0n) is 12.1. The summed E-state index contributed by atoms with van der Waals surface area (Å²) in [5, 5.41) is 7.83. The summed E-state index contributed by atoms with van der Waals surface area (Å²) in [7, 11) is 0. The van der Waals surface area contributed by atoms with Crippen LogP contribution in [0.3, 0.4) is 0 Å². The summed E-state index contributed by atoms with van der Waals surface area (Å²) in [5.41, 5.74) is 2.33. The number of benzene rings is 1. The van der Waals surface area contributed by atoms with E-state index in [1.165, 1.54) is 15.3 Å². The lowest BCUT2D eigenvalue weighted by molar-refractivity contribution is 0.687. The first-order valence-corrected chi connectivity index (χ1v) is 8.03. The Bertz CT molecular complexity index is 685. The molecule has 0 aliphatic heterocycles. The molecule has 3 rings (SSSR count). The van der Waals surface area contributed by atoms with E-state index in [1.807, 2.05) is 28.3 Å². The molecule has 0 aliphatic carbocycles. The van der Waals surface area contributed by atoms with Crippen LogP contribution >= 0.6 is 11.3 Å². The highest BCUT2D eigenvalue weighted by atomic mass is 32.1. The molecule has 0 saturated carbocycles. The van der Waals surface area contributed by atoms with E-state index in [1.54, 1.807) is 0 Å². The van der Waals surface area contributed by atoms with Crippen molar-refractivity contribution in [2.75, 3.05) is 5.32 Å². The molecule has 0 spiro atoms. The monoisotopic (exact) mass is 297 g/mol. The van der Waals surface area contributed by atoms with Crippen LogP contribution in [-0.2, 0) is 19.5 Å². The molecule has 0 unspecified atom stereocenters. The molecule has 0 amide bonds. The average Bonchev–Trinajstić information content (AvgIpc) is 3.15. The maximum Gasteiger partial charge on any atom is 0.0729 e. The zero-order chi connectivity index (χ0) is 14.5. The molecule has 0 aliphatic rings. The first-order valence-electron chi connectivity index (χ1n) is 7.21. The van der Waals surface area contributed by atoms with Crippen molar-refractivity contribution in [3.8, 4) is 0 Å². The van der Waals surface area contributed by atoms with Gasteiger partial charge in [0.15, 0.2) is 0 Å². The van der Waals surface area contributed by atoms with Gasteiger partial charge in [0.1, 0.15) is 0 Å². The van der Waals surface area contributed by atoms with Gasteiger partial charge in [-0.25, -0.2) is 0 Å². The van der Waals surface area contributed by atoms with E-state index >= 15 is 0 Å². The maximum atomic E-state index is 4.40. The number of anilines is 1. The highest BCUT2D eigenvalue weighted by Gasteiger charge is 2.01. The van der Waals surface area contributed by atoms with E-state index in [0.29, 0.717) is 0 Å². The normalized spacial score (nSPS) is 10.7. The van der Waals surface area contributed by atoms with Gasteiger partial charge in [-0.1, -0.05) is 37.3 Å². The Morgan fingerprint density at radius 1 is 1.10 bits per heavy atom. The van der Waals surface area contributed by atoms with Crippen molar-refractivity contribution < 1.29 is 0 Å². The summed E-state index contributed by atoms with van der Waals surface area (Å²) in [6.07, 6.45) is 5.05. The minimum absolute atomic E-state index is 0.807. The molecule has 0 fully saturated rings. The number of aryl methyl sites for hydroxylation is 1. The Labute approximate surface area is 129 Å². The Kier molecular flexibility index (Phi) is 4.36. The van der Waals surface area contributed by atoms with Crippen molar-refractivity contribution in [1.82, 2.24) is 9.78 Å². The Hall–Kier alpha value is -2.07. The number of aromatic nitrogens is 2. The summed E-state index contributed by atoms with van der Waals surface area (Å²) in [6.45, 7) is 3.86. The lowest BCUT2D eigenvalue weighted by atomic mass is 10.2.